The zero-order valence-electron chi connectivity index (χ0n) is 24.2. The second kappa shape index (κ2) is 11.1. The number of Topliss-reactive ketones (excluding diaryl/α,β-unsaturated/α-hetero) is 2. The third-order valence-electron chi connectivity index (χ3n) is 9.09. The summed E-state index contributed by atoms with van der Waals surface area (Å²) in [4.78, 5) is 50.8. The van der Waals surface area contributed by atoms with Crippen LogP contribution in [0.1, 0.15) is 74.0 Å². The Bertz CT molecular complexity index is 1500. The van der Waals surface area contributed by atoms with E-state index in [0.717, 1.165) is 65.6 Å². The minimum absolute atomic E-state index is 0.0353. The molecule has 41 heavy (non-hydrogen) atoms. The van der Waals surface area contributed by atoms with Gasteiger partial charge in [-0.2, -0.15) is 0 Å². The standard InChI is InChI=1S/C32H39N5O4/c1-4-28(39)27-12-32-13-29(32)37(27)30(40)18-36-17-25(21(3)38)24-11-22(26-16-34-20(2)14-35-26)10-23(31(24)36)15-33-8-6-5-7-9-41-19-32/h10-11,14,16-17,27,29,33H,4-9,12-13,15,18-19H2,1-3H3/t27-,29+,32-/m0/s1. The van der Waals surface area contributed by atoms with E-state index in [9.17, 15) is 14.4 Å². The topological polar surface area (TPSA) is 106 Å². The number of carbonyl (C=O) groups excluding carboxylic acids is 3. The predicted octanol–water partition coefficient (Wildman–Crippen LogP) is 4.24. The number of piperidine rings is 1. The third kappa shape index (κ3) is 5.21. The first kappa shape index (κ1) is 27.7. The summed E-state index contributed by atoms with van der Waals surface area (Å²) in [5, 5.41) is 4.37. The number of benzene rings is 1. The summed E-state index contributed by atoms with van der Waals surface area (Å²) in [5.41, 5.74) is 4.78. The summed E-state index contributed by atoms with van der Waals surface area (Å²) in [5.74, 6) is -0.0345. The number of nitrogens with zero attached hydrogens (tertiary/aromatic N) is 4. The van der Waals surface area contributed by atoms with Gasteiger partial charge < -0.3 is 19.5 Å². The normalized spacial score (nSPS) is 25.1. The Labute approximate surface area is 240 Å². The summed E-state index contributed by atoms with van der Waals surface area (Å²) < 4.78 is 8.01. The molecule has 3 atom stereocenters. The van der Waals surface area contributed by atoms with Crippen LogP contribution in [0.3, 0.4) is 0 Å². The molecule has 9 heteroatoms. The molecular formula is C32H39N5O4. The van der Waals surface area contributed by atoms with Crippen LogP contribution in [0.15, 0.2) is 30.7 Å². The highest BCUT2D eigenvalue weighted by Gasteiger charge is 2.66. The van der Waals surface area contributed by atoms with Crippen LogP contribution in [0.25, 0.3) is 22.2 Å². The van der Waals surface area contributed by atoms with Gasteiger partial charge in [-0.1, -0.05) is 6.92 Å². The molecule has 6 rings (SSSR count). The Hall–Kier alpha value is -3.43. The second-order valence-corrected chi connectivity index (χ2v) is 12.0. The van der Waals surface area contributed by atoms with Gasteiger partial charge in [0.25, 0.3) is 0 Å². The zero-order chi connectivity index (χ0) is 28.7. The van der Waals surface area contributed by atoms with Crippen molar-refractivity contribution in [3.63, 3.8) is 0 Å². The lowest BCUT2D eigenvalue weighted by Gasteiger charge is -2.27. The van der Waals surface area contributed by atoms with E-state index >= 15 is 0 Å². The lowest BCUT2D eigenvalue weighted by Crippen LogP contribution is -2.44. The molecule has 2 fully saturated rings. The van der Waals surface area contributed by atoms with Gasteiger partial charge in [-0.15, -0.1) is 0 Å². The largest absolute Gasteiger partial charge is 0.381 e. The van der Waals surface area contributed by atoms with E-state index in [1.807, 2.05) is 35.6 Å². The van der Waals surface area contributed by atoms with Crippen LogP contribution in [0.5, 0.6) is 0 Å². The molecule has 4 heterocycles. The molecule has 1 saturated carbocycles. The maximum absolute atomic E-state index is 14.0. The van der Waals surface area contributed by atoms with Crippen LogP contribution in [-0.4, -0.2) is 68.8 Å². The van der Waals surface area contributed by atoms with Gasteiger partial charge in [0.2, 0.25) is 5.91 Å². The van der Waals surface area contributed by atoms with Crippen LogP contribution >= 0.6 is 0 Å². The molecule has 9 nitrogen and oxygen atoms in total. The van der Waals surface area contributed by atoms with E-state index in [-0.39, 0.29) is 35.5 Å². The summed E-state index contributed by atoms with van der Waals surface area (Å²) in [6.45, 7) is 8.14. The smallest absolute Gasteiger partial charge is 0.243 e. The number of rotatable bonds is 4. The molecule has 3 aliphatic rings. The minimum Gasteiger partial charge on any atom is -0.381 e. The molecule has 1 N–H and O–H groups in total. The maximum Gasteiger partial charge on any atom is 0.243 e. The van der Waals surface area contributed by atoms with Crippen LogP contribution in [0.4, 0.5) is 0 Å². The Morgan fingerprint density at radius 2 is 2.00 bits per heavy atom. The third-order valence-corrected chi connectivity index (χ3v) is 9.09. The van der Waals surface area contributed by atoms with Gasteiger partial charge in [-0.25, -0.2) is 0 Å². The van der Waals surface area contributed by atoms with Crippen molar-refractivity contribution < 1.29 is 19.1 Å². The van der Waals surface area contributed by atoms with Gasteiger partial charge >= 0.3 is 0 Å². The van der Waals surface area contributed by atoms with Crippen LogP contribution in [0, 0.1) is 12.3 Å². The molecule has 1 aliphatic carbocycles. The fourth-order valence-corrected chi connectivity index (χ4v) is 6.82. The molecule has 1 amide bonds. The van der Waals surface area contributed by atoms with Crippen molar-refractivity contribution in [1.29, 1.82) is 0 Å². The van der Waals surface area contributed by atoms with E-state index in [0.29, 0.717) is 38.2 Å². The molecule has 3 aromatic rings. The highest BCUT2D eigenvalue weighted by Crippen LogP contribution is 2.60. The Kier molecular flexibility index (Phi) is 7.50. The van der Waals surface area contributed by atoms with Crippen LogP contribution < -0.4 is 5.32 Å². The van der Waals surface area contributed by atoms with Crippen molar-refractivity contribution in [1.82, 2.24) is 24.8 Å². The first-order valence-electron chi connectivity index (χ1n) is 14.9. The Balaban J connectivity index is 1.44. The van der Waals surface area contributed by atoms with Gasteiger partial charge in [-0.3, -0.25) is 24.4 Å². The molecule has 216 valence electrons. The molecule has 1 saturated heterocycles. The van der Waals surface area contributed by atoms with Gasteiger partial charge in [0.1, 0.15) is 6.54 Å². The highest BCUT2D eigenvalue weighted by atomic mass is 16.5. The molecule has 2 bridgehead atoms. The predicted molar refractivity (Wildman–Crippen MR) is 155 cm³/mol. The van der Waals surface area contributed by atoms with E-state index < -0.39 is 6.04 Å². The summed E-state index contributed by atoms with van der Waals surface area (Å²) >= 11 is 0. The SMILES string of the molecule is CCC(=O)[C@@H]1C[C@]23COCCCCCNCc4cc(-c5cnc(C)cn5)cc5c(C(C)=O)cn(c45)CC(=O)N1[C@@H]2C3. The Morgan fingerprint density at radius 3 is 2.76 bits per heavy atom. The lowest BCUT2D eigenvalue weighted by molar-refractivity contribution is -0.139. The van der Waals surface area contributed by atoms with Crippen LogP contribution in [-0.2, 0) is 27.4 Å². The quantitative estimate of drug-likeness (QED) is 0.479. The fourth-order valence-electron chi connectivity index (χ4n) is 6.82. The van der Waals surface area contributed by atoms with Crippen molar-refractivity contribution in [2.24, 2.45) is 5.41 Å². The molecule has 2 aromatic heterocycles. The van der Waals surface area contributed by atoms with Crippen LogP contribution in [0.2, 0.25) is 0 Å². The van der Waals surface area contributed by atoms with E-state index in [1.165, 1.54) is 0 Å². The van der Waals surface area contributed by atoms with Crippen molar-refractivity contribution in [2.45, 2.75) is 84.5 Å². The number of ether oxygens (including phenoxy) is 1. The fraction of sp³-hybridized carbons (Fsp3) is 0.531. The molecule has 2 aliphatic heterocycles. The zero-order valence-corrected chi connectivity index (χ0v) is 24.2. The molecule has 0 unspecified atom stereocenters. The van der Waals surface area contributed by atoms with E-state index in [4.69, 9.17) is 4.74 Å². The van der Waals surface area contributed by atoms with E-state index in [2.05, 4.69) is 21.4 Å². The average Bonchev–Trinajstić information content (AvgIpc) is 3.36. The summed E-state index contributed by atoms with van der Waals surface area (Å²) in [6, 6.07) is 3.71. The number of hydrogen-bond donors (Lipinski definition) is 1. The monoisotopic (exact) mass is 557 g/mol. The van der Waals surface area contributed by atoms with Gasteiger partial charge in [0, 0.05) is 59.9 Å². The van der Waals surface area contributed by atoms with Crippen molar-refractivity contribution >= 4 is 28.4 Å². The van der Waals surface area contributed by atoms with E-state index in [1.54, 1.807) is 19.3 Å². The number of nitrogens with one attached hydrogen (secondary N) is 1. The summed E-state index contributed by atoms with van der Waals surface area (Å²) in [6.07, 6.45) is 10.3. The molecule has 0 spiro atoms. The first-order valence-corrected chi connectivity index (χ1v) is 14.9. The second-order valence-electron chi connectivity index (χ2n) is 12.0. The highest BCUT2D eigenvalue weighted by molar-refractivity contribution is 6.09. The Morgan fingerprint density at radius 1 is 1.15 bits per heavy atom. The number of aromatic nitrogens is 3. The van der Waals surface area contributed by atoms with Crippen molar-refractivity contribution in [3.8, 4) is 11.3 Å². The van der Waals surface area contributed by atoms with Gasteiger partial charge in [-0.05, 0) is 70.2 Å². The molecule has 1 aromatic carbocycles. The minimum atomic E-state index is -0.407. The number of hydrogen-bond acceptors (Lipinski definition) is 7. The number of carbonyl (C=O) groups is 3. The summed E-state index contributed by atoms with van der Waals surface area (Å²) in [7, 11) is 0. The van der Waals surface area contributed by atoms with Crippen molar-refractivity contribution in [3.05, 3.63) is 47.5 Å². The molecule has 0 radical (unpaired) electrons. The van der Waals surface area contributed by atoms with Gasteiger partial charge in [0.05, 0.1) is 35.8 Å². The molecular weight excluding hydrogens is 518 g/mol. The number of ketones is 2. The number of amides is 1. The first-order chi connectivity index (χ1) is 19.8. The van der Waals surface area contributed by atoms with Crippen molar-refractivity contribution in [2.75, 3.05) is 19.8 Å². The number of aryl methyl sites for hydroxylation is 1. The average molecular weight is 558 g/mol. The lowest BCUT2D eigenvalue weighted by atomic mass is 9.97. The maximum atomic E-state index is 14.0. The van der Waals surface area contributed by atoms with Gasteiger partial charge in [0.15, 0.2) is 11.6 Å².